The molecular formula is C19H14BrN3O4S. The van der Waals surface area contributed by atoms with Gasteiger partial charge in [-0.2, -0.15) is 5.10 Å². The van der Waals surface area contributed by atoms with Crippen molar-refractivity contribution in [2.75, 3.05) is 6.61 Å². The Bertz CT molecular complexity index is 1090. The summed E-state index contributed by atoms with van der Waals surface area (Å²) in [6.07, 6.45) is 3.17. The summed E-state index contributed by atoms with van der Waals surface area (Å²) in [4.78, 5) is 23.1. The first-order valence-corrected chi connectivity index (χ1v) is 9.63. The van der Waals surface area contributed by atoms with Crippen molar-refractivity contribution in [1.29, 1.82) is 0 Å². The number of halogens is 1. The Morgan fingerprint density at radius 2 is 2.14 bits per heavy atom. The summed E-state index contributed by atoms with van der Waals surface area (Å²) in [5.41, 5.74) is 3.22. The van der Waals surface area contributed by atoms with E-state index >= 15 is 0 Å². The smallest absolute Gasteiger partial charge is 0.281 e. The number of fused-ring (bicyclic) bond motifs is 1. The SMILES string of the molecule is C=CCOc1ccc(C=NNC(=O)c2cc3cc([N+](=O)[O-])ccc3s2)cc1Br. The maximum absolute atomic E-state index is 12.3. The van der Waals surface area contributed by atoms with E-state index in [4.69, 9.17) is 4.74 Å². The number of non-ortho nitro benzene ring substituents is 1. The third kappa shape index (κ3) is 4.62. The molecule has 1 amide bonds. The molecule has 1 heterocycles. The summed E-state index contributed by atoms with van der Waals surface area (Å²) < 4.78 is 7.02. The van der Waals surface area contributed by atoms with Gasteiger partial charge in [-0.3, -0.25) is 14.9 Å². The Morgan fingerprint density at radius 3 is 2.86 bits per heavy atom. The summed E-state index contributed by atoms with van der Waals surface area (Å²) in [7, 11) is 0. The molecule has 0 saturated heterocycles. The number of amides is 1. The van der Waals surface area contributed by atoms with Crippen molar-refractivity contribution in [1.82, 2.24) is 5.43 Å². The Labute approximate surface area is 172 Å². The normalized spacial score (nSPS) is 10.9. The Hall–Kier alpha value is -3.04. The van der Waals surface area contributed by atoms with E-state index in [9.17, 15) is 14.9 Å². The zero-order valence-electron chi connectivity index (χ0n) is 14.4. The van der Waals surface area contributed by atoms with Crippen LogP contribution in [0.4, 0.5) is 5.69 Å². The fourth-order valence-electron chi connectivity index (χ4n) is 2.34. The molecule has 0 radical (unpaired) electrons. The predicted octanol–water partition coefficient (Wildman–Crippen LogP) is 4.90. The molecule has 3 rings (SSSR count). The van der Waals surface area contributed by atoms with Gasteiger partial charge >= 0.3 is 0 Å². The van der Waals surface area contributed by atoms with Gasteiger partial charge in [0.15, 0.2) is 0 Å². The molecule has 142 valence electrons. The van der Waals surface area contributed by atoms with Crippen LogP contribution in [0.15, 0.2) is 64.7 Å². The van der Waals surface area contributed by atoms with E-state index < -0.39 is 4.92 Å². The van der Waals surface area contributed by atoms with E-state index in [1.807, 2.05) is 6.07 Å². The van der Waals surface area contributed by atoms with Crippen molar-refractivity contribution in [3.8, 4) is 5.75 Å². The Morgan fingerprint density at radius 1 is 1.32 bits per heavy atom. The van der Waals surface area contributed by atoms with Crippen molar-refractivity contribution in [2.24, 2.45) is 5.10 Å². The number of carbonyl (C=O) groups excluding carboxylic acids is 1. The van der Waals surface area contributed by atoms with Gasteiger partial charge in [0, 0.05) is 22.2 Å². The molecule has 1 aromatic heterocycles. The number of nitro groups is 1. The standard InChI is InChI=1S/C19H14BrN3O4S/c1-2-7-27-16-5-3-12(8-15(16)20)11-21-22-19(24)18-10-13-9-14(23(25)26)4-6-17(13)28-18/h2-6,8-11H,1,7H2,(H,22,24). The van der Waals surface area contributed by atoms with Crippen molar-refractivity contribution in [2.45, 2.75) is 0 Å². The van der Waals surface area contributed by atoms with E-state index in [-0.39, 0.29) is 11.6 Å². The van der Waals surface area contributed by atoms with Crippen LogP contribution in [0, 0.1) is 10.1 Å². The first-order valence-electron chi connectivity index (χ1n) is 8.02. The first-order chi connectivity index (χ1) is 13.5. The molecule has 2 aromatic carbocycles. The summed E-state index contributed by atoms with van der Waals surface area (Å²) in [5.74, 6) is 0.297. The molecule has 0 atom stereocenters. The molecule has 0 unspecified atom stereocenters. The van der Waals surface area contributed by atoms with Crippen LogP contribution in [-0.2, 0) is 0 Å². The van der Waals surface area contributed by atoms with Gasteiger partial charge in [0.1, 0.15) is 12.4 Å². The molecule has 0 aliphatic carbocycles. The molecule has 3 aromatic rings. The third-order valence-corrected chi connectivity index (χ3v) is 5.36. The van der Waals surface area contributed by atoms with Crippen LogP contribution < -0.4 is 10.2 Å². The highest BCUT2D eigenvalue weighted by molar-refractivity contribution is 9.10. The van der Waals surface area contributed by atoms with Crippen LogP contribution in [0.5, 0.6) is 5.75 Å². The van der Waals surface area contributed by atoms with Gasteiger partial charge in [-0.1, -0.05) is 12.7 Å². The topological polar surface area (TPSA) is 93.8 Å². The molecular weight excluding hydrogens is 446 g/mol. The molecule has 0 saturated carbocycles. The van der Waals surface area contributed by atoms with Gasteiger partial charge in [0.2, 0.25) is 0 Å². The summed E-state index contributed by atoms with van der Waals surface area (Å²) in [5, 5.41) is 15.5. The molecule has 1 N–H and O–H groups in total. The molecule has 7 nitrogen and oxygen atoms in total. The van der Waals surface area contributed by atoms with Crippen molar-refractivity contribution in [3.63, 3.8) is 0 Å². The number of thiophene rings is 1. The zero-order valence-corrected chi connectivity index (χ0v) is 16.8. The lowest BCUT2D eigenvalue weighted by atomic mass is 10.2. The van der Waals surface area contributed by atoms with Gasteiger partial charge < -0.3 is 4.74 Å². The van der Waals surface area contributed by atoms with Crippen molar-refractivity contribution >= 4 is 55.2 Å². The van der Waals surface area contributed by atoms with E-state index in [0.717, 1.165) is 14.7 Å². The van der Waals surface area contributed by atoms with Gasteiger partial charge in [0.25, 0.3) is 11.6 Å². The van der Waals surface area contributed by atoms with Crippen LogP contribution in [0.25, 0.3) is 10.1 Å². The lowest BCUT2D eigenvalue weighted by molar-refractivity contribution is -0.384. The number of nitro benzene ring substituents is 1. The number of nitrogens with one attached hydrogen (secondary N) is 1. The fourth-order valence-corrected chi connectivity index (χ4v) is 3.78. The number of carbonyl (C=O) groups is 1. The Balaban J connectivity index is 1.68. The minimum atomic E-state index is -0.465. The predicted molar refractivity (Wildman–Crippen MR) is 113 cm³/mol. The monoisotopic (exact) mass is 459 g/mol. The second-order valence-corrected chi connectivity index (χ2v) is 7.52. The number of benzene rings is 2. The quantitative estimate of drug-likeness (QED) is 0.235. The molecule has 0 aliphatic heterocycles. The molecule has 0 spiro atoms. The number of nitrogens with zero attached hydrogens (tertiary/aromatic N) is 2. The van der Waals surface area contributed by atoms with Crippen LogP contribution in [0.3, 0.4) is 0 Å². The number of ether oxygens (including phenoxy) is 1. The lowest BCUT2D eigenvalue weighted by Crippen LogP contribution is -2.16. The highest BCUT2D eigenvalue weighted by Crippen LogP contribution is 2.29. The van der Waals surface area contributed by atoms with Gasteiger partial charge in [-0.25, -0.2) is 5.43 Å². The second kappa shape index (κ2) is 8.77. The summed E-state index contributed by atoms with van der Waals surface area (Å²) in [6.45, 7) is 4.00. The maximum atomic E-state index is 12.3. The average Bonchev–Trinajstić information content (AvgIpc) is 3.10. The second-order valence-electron chi connectivity index (χ2n) is 5.58. The van der Waals surface area contributed by atoms with Crippen LogP contribution in [-0.4, -0.2) is 23.7 Å². The maximum Gasteiger partial charge on any atom is 0.281 e. The molecule has 0 fully saturated rings. The van der Waals surface area contributed by atoms with Gasteiger partial charge in [0.05, 0.1) is 20.5 Å². The molecule has 0 bridgehead atoms. The van der Waals surface area contributed by atoms with Crippen LogP contribution in [0.1, 0.15) is 15.2 Å². The van der Waals surface area contributed by atoms with E-state index in [1.165, 1.54) is 29.7 Å². The fraction of sp³-hybridized carbons (Fsp3) is 0.0526. The zero-order chi connectivity index (χ0) is 20.1. The molecule has 0 aliphatic rings. The number of rotatable bonds is 7. The summed E-state index contributed by atoms with van der Waals surface area (Å²) in [6, 6.07) is 11.5. The summed E-state index contributed by atoms with van der Waals surface area (Å²) >= 11 is 4.66. The Kier molecular flexibility index (Phi) is 6.17. The number of hydrogen-bond donors (Lipinski definition) is 1. The van der Waals surface area contributed by atoms with E-state index in [0.29, 0.717) is 22.6 Å². The minimum Gasteiger partial charge on any atom is -0.488 e. The first kappa shape index (κ1) is 19.7. The lowest BCUT2D eigenvalue weighted by Gasteiger charge is -2.06. The average molecular weight is 460 g/mol. The number of hydrazone groups is 1. The van der Waals surface area contributed by atoms with E-state index in [1.54, 1.807) is 30.3 Å². The number of hydrogen-bond acceptors (Lipinski definition) is 6. The minimum absolute atomic E-state index is 0.0126. The van der Waals surface area contributed by atoms with Gasteiger partial charge in [-0.05, 0) is 51.8 Å². The van der Waals surface area contributed by atoms with Gasteiger partial charge in [-0.15, -0.1) is 11.3 Å². The molecule has 9 heteroatoms. The van der Waals surface area contributed by atoms with Crippen molar-refractivity contribution < 1.29 is 14.5 Å². The molecule has 28 heavy (non-hydrogen) atoms. The third-order valence-electron chi connectivity index (χ3n) is 3.63. The largest absolute Gasteiger partial charge is 0.488 e. The van der Waals surface area contributed by atoms with Crippen LogP contribution in [0.2, 0.25) is 0 Å². The van der Waals surface area contributed by atoms with E-state index in [2.05, 4.69) is 33.0 Å². The highest BCUT2D eigenvalue weighted by Gasteiger charge is 2.13. The van der Waals surface area contributed by atoms with Crippen LogP contribution >= 0.6 is 27.3 Å². The highest BCUT2D eigenvalue weighted by atomic mass is 79.9. The van der Waals surface area contributed by atoms with Crippen molar-refractivity contribution in [3.05, 3.63) is 80.1 Å².